The third-order valence-corrected chi connectivity index (χ3v) is 3.36. The van der Waals surface area contributed by atoms with E-state index in [1.54, 1.807) is 0 Å². The molecule has 1 aliphatic heterocycles. The molecule has 0 unspecified atom stereocenters. The summed E-state index contributed by atoms with van der Waals surface area (Å²) >= 11 is 0. The lowest BCUT2D eigenvalue weighted by Crippen LogP contribution is -2.37. The van der Waals surface area contributed by atoms with Crippen LogP contribution in [0.2, 0.25) is 0 Å². The van der Waals surface area contributed by atoms with Crippen molar-refractivity contribution in [3.63, 3.8) is 0 Å². The molecule has 1 amide bonds. The minimum atomic E-state index is 0. The molecule has 2 rings (SSSR count). The van der Waals surface area contributed by atoms with E-state index < -0.39 is 0 Å². The van der Waals surface area contributed by atoms with Crippen LogP contribution < -0.4 is 10.6 Å². The zero-order valence-electron chi connectivity index (χ0n) is 12.6. The highest BCUT2D eigenvalue weighted by Gasteiger charge is 2.20. The van der Waals surface area contributed by atoms with Crippen molar-refractivity contribution < 1.29 is 4.79 Å². The summed E-state index contributed by atoms with van der Waals surface area (Å²) < 4.78 is 0. The Morgan fingerprint density at radius 2 is 2.14 bits per heavy atom. The van der Waals surface area contributed by atoms with E-state index in [0.717, 1.165) is 38.2 Å². The molecule has 4 nitrogen and oxygen atoms in total. The van der Waals surface area contributed by atoms with Gasteiger partial charge in [-0.1, -0.05) is 12.1 Å². The summed E-state index contributed by atoms with van der Waals surface area (Å²) in [6.45, 7) is 2.71. The van der Waals surface area contributed by atoms with Gasteiger partial charge in [-0.05, 0) is 51.2 Å². The van der Waals surface area contributed by atoms with E-state index >= 15 is 0 Å². The van der Waals surface area contributed by atoms with Gasteiger partial charge in [0, 0.05) is 18.8 Å². The topological polar surface area (TPSA) is 44.4 Å². The number of benzene rings is 1. The van der Waals surface area contributed by atoms with Crippen LogP contribution in [0.25, 0.3) is 0 Å². The van der Waals surface area contributed by atoms with E-state index in [4.69, 9.17) is 0 Å². The average molecular weight is 334 g/mol. The highest BCUT2D eigenvalue weighted by Crippen LogP contribution is 2.16. The lowest BCUT2D eigenvalue weighted by molar-refractivity contribution is -0.120. The van der Waals surface area contributed by atoms with Gasteiger partial charge in [-0.2, -0.15) is 0 Å². The monoisotopic (exact) mass is 333 g/mol. The van der Waals surface area contributed by atoms with Crippen molar-refractivity contribution in [2.24, 2.45) is 5.92 Å². The highest BCUT2D eigenvalue weighted by atomic mass is 35.5. The zero-order valence-corrected chi connectivity index (χ0v) is 14.2. The van der Waals surface area contributed by atoms with E-state index in [1.165, 1.54) is 5.56 Å². The molecule has 2 N–H and O–H groups in total. The van der Waals surface area contributed by atoms with E-state index in [9.17, 15) is 4.79 Å². The second-order valence-electron chi connectivity index (χ2n) is 5.47. The number of amides is 1. The maximum absolute atomic E-state index is 12.1. The summed E-state index contributed by atoms with van der Waals surface area (Å²) in [5.41, 5.74) is 2.11. The predicted molar refractivity (Wildman–Crippen MR) is 92.6 cm³/mol. The maximum atomic E-state index is 12.1. The van der Waals surface area contributed by atoms with Gasteiger partial charge in [0.1, 0.15) is 0 Å². The molecule has 0 aliphatic carbocycles. The van der Waals surface area contributed by atoms with Crippen LogP contribution in [-0.2, 0) is 11.3 Å². The van der Waals surface area contributed by atoms with Crippen molar-refractivity contribution in [1.82, 2.24) is 10.2 Å². The molecule has 0 bridgehead atoms. The lowest BCUT2D eigenvalue weighted by atomic mass is 9.99. The predicted octanol–water partition coefficient (Wildman–Crippen LogP) is 2.53. The molecule has 0 spiro atoms. The molecule has 1 aromatic carbocycles. The fourth-order valence-corrected chi connectivity index (χ4v) is 2.43. The van der Waals surface area contributed by atoms with Gasteiger partial charge >= 0.3 is 0 Å². The van der Waals surface area contributed by atoms with Crippen molar-refractivity contribution in [1.29, 1.82) is 0 Å². The van der Waals surface area contributed by atoms with Crippen molar-refractivity contribution in [2.45, 2.75) is 19.4 Å². The molecule has 21 heavy (non-hydrogen) atoms. The average Bonchev–Trinajstić information content (AvgIpc) is 2.39. The minimum Gasteiger partial charge on any atom is -0.326 e. The van der Waals surface area contributed by atoms with Gasteiger partial charge in [-0.25, -0.2) is 0 Å². The molecule has 1 atom stereocenters. The summed E-state index contributed by atoms with van der Waals surface area (Å²) in [6, 6.07) is 8.08. The Morgan fingerprint density at radius 1 is 1.38 bits per heavy atom. The number of rotatable bonds is 4. The summed E-state index contributed by atoms with van der Waals surface area (Å²) in [5, 5.41) is 6.30. The van der Waals surface area contributed by atoms with Crippen LogP contribution in [0.15, 0.2) is 24.3 Å². The zero-order chi connectivity index (χ0) is 13.7. The number of nitrogens with one attached hydrogen (secondary N) is 2. The van der Waals surface area contributed by atoms with Crippen molar-refractivity contribution in [3.8, 4) is 0 Å². The van der Waals surface area contributed by atoms with Gasteiger partial charge in [0.2, 0.25) is 5.91 Å². The quantitative estimate of drug-likeness (QED) is 0.889. The fraction of sp³-hybridized carbons (Fsp3) is 0.533. The van der Waals surface area contributed by atoms with Crippen LogP contribution in [-0.4, -0.2) is 38.0 Å². The SMILES string of the molecule is CN(C)Cc1cccc(NC(=O)[C@@H]2CCCNC2)c1.Cl.Cl. The molecule has 120 valence electrons. The number of halogens is 2. The number of carbonyl (C=O) groups excluding carboxylic acids is 1. The minimum absolute atomic E-state index is 0. The Hall–Kier alpha value is -0.810. The second-order valence-corrected chi connectivity index (χ2v) is 5.47. The van der Waals surface area contributed by atoms with Crippen LogP contribution in [0, 0.1) is 5.92 Å². The molecule has 6 heteroatoms. The number of carbonyl (C=O) groups is 1. The summed E-state index contributed by atoms with van der Waals surface area (Å²) in [4.78, 5) is 14.3. The van der Waals surface area contributed by atoms with Crippen LogP contribution in [0.3, 0.4) is 0 Å². The lowest BCUT2D eigenvalue weighted by Gasteiger charge is -2.22. The summed E-state index contributed by atoms with van der Waals surface area (Å²) in [6.07, 6.45) is 2.06. The first-order chi connectivity index (χ1) is 9.15. The molecule has 0 aromatic heterocycles. The first-order valence-electron chi connectivity index (χ1n) is 6.90. The summed E-state index contributed by atoms with van der Waals surface area (Å²) in [7, 11) is 4.08. The van der Waals surface area contributed by atoms with Gasteiger partial charge in [0.15, 0.2) is 0 Å². The number of anilines is 1. The highest BCUT2D eigenvalue weighted by molar-refractivity contribution is 5.92. The van der Waals surface area contributed by atoms with Crippen LogP contribution >= 0.6 is 24.8 Å². The van der Waals surface area contributed by atoms with Crippen LogP contribution in [0.4, 0.5) is 5.69 Å². The Morgan fingerprint density at radius 3 is 2.76 bits per heavy atom. The molecule has 1 fully saturated rings. The van der Waals surface area contributed by atoms with Crippen LogP contribution in [0.1, 0.15) is 18.4 Å². The molecule has 1 aromatic rings. The Kier molecular flexibility index (Phi) is 9.62. The van der Waals surface area contributed by atoms with Gasteiger partial charge in [-0.3, -0.25) is 4.79 Å². The molecule has 1 heterocycles. The van der Waals surface area contributed by atoms with Crippen LogP contribution in [0.5, 0.6) is 0 Å². The van der Waals surface area contributed by atoms with E-state index in [1.807, 2.05) is 32.3 Å². The largest absolute Gasteiger partial charge is 0.326 e. The first-order valence-corrected chi connectivity index (χ1v) is 6.90. The van der Waals surface area contributed by atoms with Gasteiger partial charge in [0.25, 0.3) is 0 Å². The van der Waals surface area contributed by atoms with Crippen molar-refractivity contribution >= 4 is 36.4 Å². The van der Waals surface area contributed by atoms with E-state index in [0.29, 0.717) is 0 Å². The third kappa shape index (κ3) is 6.66. The first kappa shape index (κ1) is 20.2. The number of piperidine rings is 1. The fourth-order valence-electron chi connectivity index (χ4n) is 2.43. The van der Waals surface area contributed by atoms with Gasteiger partial charge in [-0.15, -0.1) is 24.8 Å². The Balaban J connectivity index is 0.00000200. The molecular formula is C15H25Cl2N3O. The van der Waals surface area contributed by atoms with Gasteiger partial charge < -0.3 is 15.5 Å². The third-order valence-electron chi connectivity index (χ3n) is 3.36. The van der Waals surface area contributed by atoms with Crippen molar-refractivity contribution in [3.05, 3.63) is 29.8 Å². The number of hydrogen-bond donors (Lipinski definition) is 2. The molecule has 1 saturated heterocycles. The molecular weight excluding hydrogens is 309 g/mol. The van der Waals surface area contributed by atoms with Gasteiger partial charge in [0.05, 0.1) is 5.92 Å². The second kappa shape index (κ2) is 10.0. The van der Waals surface area contributed by atoms with E-state index in [2.05, 4.69) is 21.6 Å². The standard InChI is InChI=1S/C15H23N3O.2ClH/c1-18(2)11-12-5-3-7-14(9-12)17-15(19)13-6-4-8-16-10-13;;/h3,5,7,9,13,16H,4,6,8,10-11H2,1-2H3,(H,17,19);2*1H/t13-;;/m1../s1. The Bertz CT molecular complexity index is 435. The number of nitrogens with zero attached hydrogens (tertiary/aromatic N) is 1. The van der Waals surface area contributed by atoms with Crippen molar-refractivity contribution in [2.75, 3.05) is 32.5 Å². The molecule has 0 radical (unpaired) electrons. The van der Waals surface area contributed by atoms with E-state index in [-0.39, 0.29) is 36.6 Å². The normalized spacial score (nSPS) is 17.6. The molecule has 1 aliphatic rings. The summed E-state index contributed by atoms with van der Waals surface area (Å²) in [5.74, 6) is 0.237. The Labute approximate surface area is 139 Å². The molecule has 0 saturated carbocycles. The maximum Gasteiger partial charge on any atom is 0.228 e. The number of hydrogen-bond acceptors (Lipinski definition) is 3. The smallest absolute Gasteiger partial charge is 0.228 e.